The quantitative estimate of drug-likeness (QED) is 0.865. The lowest BCUT2D eigenvalue weighted by molar-refractivity contribution is -0.0144. The summed E-state index contributed by atoms with van der Waals surface area (Å²) in [5, 5.41) is 0. The van der Waals surface area contributed by atoms with Gasteiger partial charge in [-0.1, -0.05) is 6.42 Å². The van der Waals surface area contributed by atoms with E-state index in [-0.39, 0.29) is 6.09 Å². The Morgan fingerprint density at radius 1 is 1.30 bits per heavy atom. The Balaban J connectivity index is 1.84. The first-order chi connectivity index (χ1) is 9.36. The van der Waals surface area contributed by atoms with Gasteiger partial charge in [-0.25, -0.2) is 4.79 Å². The molecular weight excluding hydrogens is 252 g/mol. The van der Waals surface area contributed by atoms with Crippen LogP contribution >= 0.6 is 0 Å². The number of nitrogens with two attached hydrogens (primary N) is 1. The van der Waals surface area contributed by atoms with E-state index < -0.39 is 5.60 Å². The molecule has 2 rings (SSSR count). The van der Waals surface area contributed by atoms with Crippen LogP contribution in [0.4, 0.5) is 4.79 Å². The van der Waals surface area contributed by atoms with Gasteiger partial charge in [-0.2, -0.15) is 0 Å². The molecule has 0 aromatic carbocycles. The summed E-state index contributed by atoms with van der Waals surface area (Å²) in [5.74, 6) is 0.749. The van der Waals surface area contributed by atoms with Crippen LogP contribution in [0, 0.1) is 11.3 Å². The Hall–Kier alpha value is -0.770. The predicted molar refractivity (Wildman–Crippen MR) is 80.5 cm³/mol. The van der Waals surface area contributed by atoms with Crippen molar-refractivity contribution in [2.75, 3.05) is 19.6 Å². The highest BCUT2D eigenvalue weighted by molar-refractivity contribution is 5.68. The second-order valence-electron chi connectivity index (χ2n) is 7.50. The largest absolute Gasteiger partial charge is 0.444 e. The van der Waals surface area contributed by atoms with Gasteiger partial charge in [0.25, 0.3) is 0 Å². The zero-order valence-electron chi connectivity index (χ0n) is 13.3. The number of hydrogen-bond acceptors (Lipinski definition) is 3. The van der Waals surface area contributed by atoms with Gasteiger partial charge >= 0.3 is 6.09 Å². The normalized spacial score (nSPS) is 23.3. The number of carbonyl (C=O) groups excluding carboxylic acids is 1. The van der Waals surface area contributed by atoms with Crippen molar-refractivity contribution in [3.05, 3.63) is 0 Å². The van der Waals surface area contributed by atoms with Crippen LogP contribution in [-0.2, 0) is 4.74 Å². The number of ether oxygens (including phenoxy) is 1. The van der Waals surface area contributed by atoms with Crippen LogP contribution in [0.3, 0.4) is 0 Å². The molecule has 1 amide bonds. The lowest BCUT2D eigenvalue weighted by Gasteiger charge is -2.50. The second-order valence-corrected chi connectivity index (χ2v) is 7.50. The third-order valence-electron chi connectivity index (χ3n) is 5.00. The summed E-state index contributed by atoms with van der Waals surface area (Å²) in [6.45, 7) is 8.23. The molecule has 0 aromatic rings. The maximum Gasteiger partial charge on any atom is 0.410 e. The third kappa shape index (κ3) is 3.46. The summed E-state index contributed by atoms with van der Waals surface area (Å²) in [7, 11) is 0. The molecule has 1 aliphatic heterocycles. The van der Waals surface area contributed by atoms with E-state index in [1.807, 2.05) is 25.7 Å². The van der Waals surface area contributed by atoms with Gasteiger partial charge in [0.05, 0.1) is 0 Å². The van der Waals surface area contributed by atoms with Crippen molar-refractivity contribution in [2.24, 2.45) is 17.1 Å². The molecule has 2 N–H and O–H groups in total. The fourth-order valence-electron chi connectivity index (χ4n) is 3.78. The maximum absolute atomic E-state index is 12.1. The van der Waals surface area contributed by atoms with E-state index in [1.54, 1.807) is 0 Å². The molecule has 0 radical (unpaired) electrons. The van der Waals surface area contributed by atoms with Crippen molar-refractivity contribution in [1.29, 1.82) is 0 Å². The maximum atomic E-state index is 12.1. The predicted octanol–water partition coefficient (Wildman–Crippen LogP) is 3.15. The SMILES string of the molecule is CC(C)(C)OC(=O)N1CCC(C2(CCN)CCC2)CC1. The zero-order valence-corrected chi connectivity index (χ0v) is 13.3. The first-order valence-electron chi connectivity index (χ1n) is 8.04. The summed E-state index contributed by atoms with van der Waals surface area (Å²) in [6.07, 6.45) is 7.25. The number of rotatable bonds is 3. The molecular formula is C16H30N2O2. The third-order valence-corrected chi connectivity index (χ3v) is 5.00. The van der Waals surface area contributed by atoms with Gasteiger partial charge in [-0.05, 0) is 70.8 Å². The number of likely N-dealkylation sites (tertiary alicyclic amines) is 1. The minimum absolute atomic E-state index is 0.155. The van der Waals surface area contributed by atoms with Gasteiger partial charge in [0.2, 0.25) is 0 Å². The molecule has 4 heteroatoms. The summed E-state index contributed by atoms with van der Waals surface area (Å²) < 4.78 is 5.45. The topological polar surface area (TPSA) is 55.6 Å². The van der Waals surface area contributed by atoms with Crippen molar-refractivity contribution in [2.45, 2.75) is 64.9 Å². The molecule has 2 fully saturated rings. The highest BCUT2D eigenvalue weighted by atomic mass is 16.6. The van der Waals surface area contributed by atoms with E-state index in [0.29, 0.717) is 5.41 Å². The van der Waals surface area contributed by atoms with Gasteiger partial charge in [-0.15, -0.1) is 0 Å². The Bertz CT molecular complexity index is 337. The fraction of sp³-hybridized carbons (Fsp3) is 0.938. The highest BCUT2D eigenvalue weighted by Crippen LogP contribution is 2.52. The molecule has 0 spiro atoms. The number of nitrogens with zero attached hydrogens (tertiary/aromatic N) is 1. The summed E-state index contributed by atoms with van der Waals surface area (Å²) in [4.78, 5) is 13.9. The Labute approximate surface area is 123 Å². The van der Waals surface area contributed by atoms with E-state index >= 15 is 0 Å². The highest BCUT2D eigenvalue weighted by Gasteiger charge is 2.44. The number of amides is 1. The van der Waals surface area contributed by atoms with Gasteiger partial charge in [-0.3, -0.25) is 0 Å². The van der Waals surface area contributed by atoms with E-state index in [4.69, 9.17) is 10.5 Å². The molecule has 4 nitrogen and oxygen atoms in total. The lowest BCUT2D eigenvalue weighted by Crippen LogP contribution is -2.47. The van der Waals surface area contributed by atoms with Crippen LogP contribution in [0.2, 0.25) is 0 Å². The minimum Gasteiger partial charge on any atom is -0.444 e. The Morgan fingerprint density at radius 3 is 2.30 bits per heavy atom. The van der Waals surface area contributed by atoms with Crippen LogP contribution in [0.5, 0.6) is 0 Å². The first kappa shape index (κ1) is 15.6. The number of hydrogen-bond donors (Lipinski definition) is 1. The molecule has 116 valence electrons. The van der Waals surface area contributed by atoms with Crippen LogP contribution in [-0.4, -0.2) is 36.2 Å². The van der Waals surface area contributed by atoms with E-state index in [9.17, 15) is 4.79 Å². The monoisotopic (exact) mass is 282 g/mol. The zero-order chi connectivity index (χ0) is 14.8. The molecule has 1 saturated heterocycles. The molecule has 2 aliphatic rings. The van der Waals surface area contributed by atoms with Crippen molar-refractivity contribution in [1.82, 2.24) is 4.90 Å². The summed E-state index contributed by atoms with van der Waals surface area (Å²) >= 11 is 0. The summed E-state index contributed by atoms with van der Waals surface area (Å²) in [6, 6.07) is 0. The Morgan fingerprint density at radius 2 is 1.90 bits per heavy atom. The van der Waals surface area contributed by atoms with Crippen molar-refractivity contribution < 1.29 is 9.53 Å². The van der Waals surface area contributed by atoms with Gasteiger partial charge in [0, 0.05) is 13.1 Å². The van der Waals surface area contributed by atoms with Gasteiger partial charge in [0.15, 0.2) is 0 Å². The van der Waals surface area contributed by atoms with Crippen LogP contribution < -0.4 is 5.73 Å². The number of carbonyl (C=O) groups is 1. The van der Waals surface area contributed by atoms with Gasteiger partial charge in [0.1, 0.15) is 5.60 Å². The average molecular weight is 282 g/mol. The smallest absolute Gasteiger partial charge is 0.410 e. The molecule has 1 heterocycles. The standard InChI is InChI=1S/C16H30N2O2/c1-15(2,3)20-14(19)18-11-5-13(6-12-18)16(9-10-17)7-4-8-16/h13H,4-12,17H2,1-3H3. The molecule has 0 unspecified atom stereocenters. The fourth-order valence-corrected chi connectivity index (χ4v) is 3.78. The van der Waals surface area contributed by atoms with Crippen LogP contribution in [0.15, 0.2) is 0 Å². The van der Waals surface area contributed by atoms with E-state index in [0.717, 1.165) is 44.8 Å². The van der Waals surface area contributed by atoms with Crippen LogP contribution in [0.1, 0.15) is 59.3 Å². The molecule has 20 heavy (non-hydrogen) atoms. The van der Waals surface area contributed by atoms with Gasteiger partial charge < -0.3 is 15.4 Å². The second kappa shape index (κ2) is 5.92. The minimum atomic E-state index is -0.400. The number of piperidine rings is 1. The summed E-state index contributed by atoms with van der Waals surface area (Å²) in [5.41, 5.74) is 5.89. The molecule has 0 bridgehead atoms. The molecule has 1 saturated carbocycles. The van der Waals surface area contributed by atoms with Crippen molar-refractivity contribution in [3.8, 4) is 0 Å². The first-order valence-corrected chi connectivity index (χ1v) is 8.04. The van der Waals surface area contributed by atoms with E-state index in [1.165, 1.54) is 19.3 Å². The van der Waals surface area contributed by atoms with Crippen LogP contribution in [0.25, 0.3) is 0 Å². The Kier molecular flexibility index (Phi) is 4.62. The van der Waals surface area contributed by atoms with Crippen molar-refractivity contribution in [3.63, 3.8) is 0 Å². The molecule has 1 aliphatic carbocycles. The van der Waals surface area contributed by atoms with E-state index in [2.05, 4.69) is 0 Å². The van der Waals surface area contributed by atoms with Crippen molar-refractivity contribution >= 4 is 6.09 Å². The lowest BCUT2D eigenvalue weighted by atomic mass is 9.57. The average Bonchev–Trinajstić information content (AvgIpc) is 2.32. The molecule has 0 aromatic heterocycles. The molecule has 0 atom stereocenters.